The van der Waals surface area contributed by atoms with Crippen LogP contribution in [0.2, 0.25) is 0 Å². The van der Waals surface area contributed by atoms with E-state index in [0.29, 0.717) is 15.8 Å². The minimum atomic E-state index is -4.74. The molecule has 112 valence electrons. The monoisotopic (exact) mass is 362 g/mol. The lowest BCUT2D eigenvalue weighted by molar-refractivity contribution is -0.139. The average Bonchev–Trinajstić information content (AvgIpc) is 2.37. The van der Waals surface area contributed by atoms with Gasteiger partial charge in [0.25, 0.3) is 0 Å². The molecular weight excluding hydrogens is 352 g/mol. The van der Waals surface area contributed by atoms with Gasteiger partial charge in [-0.25, -0.2) is 4.39 Å². The first-order valence-corrected chi connectivity index (χ1v) is 6.67. The van der Waals surface area contributed by atoms with Crippen molar-refractivity contribution in [1.82, 2.24) is 0 Å². The second kappa shape index (κ2) is 5.55. The van der Waals surface area contributed by atoms with E-state index in [2.05, 4.69) is 21.2 Å². The number of halogens is 5. The number of rotatable bonds is 2. The van der Waals surface area contributed by atoms with Crippen LogP contribution >= 0.6 is 15.9 Å². The Morgan fingerprint density at radius 3 is 2.43 bits per heavy atom. The van der Waals surface area contributed by atoms with E-state index in [9.17, 15) is 17.6 Å². The highest BCUT2D eigenvalue weighted by atomic mass is 79.9. The van der Waals surface area contributed by atoms with Crippen LogP contribution in [0.4, 0.5) is 34.6 Å². The van der Waals surface area contributed by atoms with Crippen LogP contribution in [0.15, 0.2) is 34.8 Å². The Hall–Kier alpha value is -1.76. The van der Waals surface area contributed by atoms with Crippen molar-refractivity contribution in [2.45, 2.75) is 13.1 Å². The number of benzene rings is 2. The van der Waals surface area contributed by atoms with Gasteiger partial charge in [-0.15, -0.1) is 0 Å². The molecule has 0 aliphatic heterocycles. The van der Waals surface area contributed by atoms with E-state index >= 15 is 0 Å². The summed E-state index contributed by atoms with van der Waals surface area (Å²) in [7, 11) is 0. The van der Waals surface area contributed by atoms with Crippen LogP contribution in [0.3, 0.4) is 0 Å². The number of hydrogen-bond donors (Lipinski definition) is 2. The smallest absolute Gasteiger partial charge is 0.398 e. The number of nitrogens with two attached hydrogens (primary N) is 1. The van der Waals surface area contributed by atoms with Crippen molar-refractivity contribution in [2.24, 2.45) is 0 Å². The van der Waals surface area contributed by atoms with Gasteiger partial charge in [-0.05, 0) is 58.7 Å². The van der Waals surface area contributed by atoms with E-state index < -0.39 is 17.6 Å². The van der Waals surface area contributed by atoms with Gasteiger partial charge in [-0.3, -0.25) is 0 Å². The van der Waals surface area contributed by atoms with Gasteiger partial charge in [0.05, 0.1) is 11.3 Å². The highest BCUT2D eigenvalue weighted by Gasteiger charge is 2.34. The maximum absolute atomic E-state index is 13.2. The first-order chi connectivity index (χ1) is 9.68. The normalized spacial score (nSPS) is 11.5. The maximum Gasteiger partial charge on any atom is 0.419 e. The molecule has 2 aromatic carbocycles. The lowest BCUT2D eigenvalue weighted by atomic mass is 10.1. The Morgan fingerprint density at radius 2 is 1.81 bits per heavy atom. The number of alkyl halides is 3. The van der Waals surface area contributed by atoms with Gasteiger partial charge in [0.15, 0.2) is 0 Å². The number of nitrogen functional groups attached to an aromatic ring is 1. The molecule has 7 heteroatoms. The highest BCUT2D eigenvalue weighted by molar-refractivity contribution is 9.10. The summed E-state index contributed by atoms with van der Waals surface area (Å²) in [5.74, 6) is -1.30. The Kier molecular flexibility index (Phi) is 4.13. The molecule has 2 aromatic rings. The van der Waals surface area contributed by atoms with Crippen LogP contribution in [0.5, 0.6) is 0 Å². The Bertz CT molecular complexity index is 683. The molecule has 0 aliphatic rings. The number of nitrogens with one attached hydrogen (secondary N) is 1. The van der Waals surface area contributed by atoms with Gasteiger partial charge in [0.2, 0.25) is 0 Å². The number of anilines is 3. The molecule has 0 aliphatic carbocycles. The zero-order valence-electron chi connectivity index (χ0n) is 10.9. The summed E-state index contributed by atoms with van der Waals surface area (Å²) in [6.07, 6.45) is -4.74. The van der Waals surface area contributed by atoms with Crippen molar-refractivity contribution in [3.8, 4) is 0 Å². The largest absolute Gasteiger partial charge is 0.419 e. The molecule has 0 atom stereocenters. The van der Waals surface area contributed by atoms with E-state index in [1.165, 1.54) is 6.07 Å². The molecule has 0 saturated carbocycles. The summed E-state index contributed by atoms with van der Waals surface area (Å²) in [5, 5.41) is 2.81. The second-order valence-electron chi connectivity index (χ2n) is 4.51. The molecule has 0 unspecified atom stereocenters. The van der Waals surface area contributed by atoms with Gasteiger partial charge in [0, 0.05) is 15.8 Å². The van der Waals surface area contributed by atoms with Crippen molar-refractivity contribution in [1.29, 1.82) is 0 Å². The first-order valence-electron chi connectivity index (χ1n) is 5.88. The third-order valence-corrected chi connectivity index (χ3v) is 3.56. The van der Waals surface area contributed by atoms with Crippen molar-refractivity contribution < 1.29 is 17.6 Å². The highest BCUT2D eigenvalue weighted by Crippen LogP contribution is 2.35. The Balaban J connectivity index is 2.39. The molecule has 0 aromatic heterocycles. The summed E-state index contributed by atoms with van der Waals surface area (Å²) in [6, 6.07) is 6.08. The SMILES string of the molecule is Cc1cc(Nc2ccc(F)c(C(F)(F)F)c2)c(Br)cc1N. The maximum atomic E-state index is 13.2. The zero-order valence-corrected chi connectivity index (χ0v) is 12.4. The van der Waals surface area contributed by atoms with Crippen LogP contribution < -0.4 is 11.1 Å². The van der Waals surface area contributed by atoms with Crippen LogP contribution in [0, 0.1) is 12.7 Å². The van der Waals surface area contributed by atoms with Crippen LogP contribution in [-0.4, -0.2) is 0 Å². The van der Waals surface area contributed by atoms with Gasteiger partial charge >= 0.3 is 6.18 Å². The minimum absolute atomic E-state index is 0.133. The Labute approximate surface area is 127 Å². The molecule has 0 heterocycles. The first kappa shape index (κ1) is 15.6. The predicted molar refractivity (Wildman–Crippen MR) is 78.0 cm³/mol. The molecule has 21 heavy (non-hydrogen) atoms. The topological polar surface area (TPSA) is 38.0 Å². The summed E-state index contributed by atoms with van der Waals surface area (Å²) in [4.78, 5) is 0. The van der Waals surface area contributed by atoms with Crippen LogP contribution in [0.25, 0.3) is 0 Å². The van der Waals surface area contributed by atoms with Gasteiger partial charge < -0.3 is 11.1 Å². The third kappa shape index (κ3) is 3.47. The minimum Gasteiger partial charge on any atom is -0.398 e. The molecule has 0 bridgehead atoms. The molecule has 0 amide bonds. The fraction of sp³-hybridized carbons (Fsp3) is 0.143. The number of hydrogen-bond acceptors (Lipinski definition) is 2. The molecule has 0 saturated heterocycles. The van der Waals surface area contributed by atoms with E-state index in [-0.39, 0.29) is 5.69 Å². The van der Waals surface area contributed by atoms with E-state index in [1.807, 2.05) is 0 Å². The summed E-state index contributed by atoms with van der Waals surface area (Å²) in [6.45, 7) is 1.78. The Morgan fingerprint density at radius 1 is 1.14 bits per heavy atom. The van der Waals surface area contributed by atoms with Crippen molar-refractivity contribution in [3.63, 3.8) is 0 Å². The van der Waals surface area contributed by atoms with Crippen LogP contribution in [-0.2, 0) is 6.18 Å². The van der Waals surface area contributed by atoms with Gasteiger partial charge in [-0.2, -0.15) is 13.2 Å². The van der Waals surface area contributed by atoms with Crippen molar-refractivity contribution in [2.75, 3.05) is 11.1 Å². The van der Waals surface area contributed by atoms with Crippen LogP contribution in [0.1, 0.15) is 11.1 Å². The molecule has 2 rings (SSSR count). The van der Waals surface area contributed by atoms with E-state index in [0.717, 1.165) is 17.7 Å². The quantitative estimate of drug-likeness (QED) is 0.566. The fourth-order valence-electron chi connectivity index (χ4n) is 1.77. The fourth-order valence-corrected chi connectivity index (χ4v) is 2.23. The molecule has 0 radical (unpaired) electrons. The van der Waals surface area contributed by atoms with Gasteiger partial charge in [0.1, 0.15) is 5.82 Å². The lowest BCUT2D eigenvalue weighted by Gasteiger charge is -2.14. The van der Waals surface area contributed by atoms with Crippen molar-refractivity contribution >= 4 is 33.0 Å². The lowest BCUT2D eigenvalue weighted by Crippen LogP contribution is -2.08. The molecular formula is C14H11BrF4N2. The summed E-state index contributed by atoms with van der Waals surface area (Å²) in [5.41, 5.74) is 6.43. The van der Waals surface area contributed by atoms with E-state index in [1.54, 1.807) is 19.1 Å². The van der Waals surface area contributed by atoms with Gasteiger partial charge in [-0.1, -0.05) is 0 Å². The predicted octanol–water partition coefficient (Wildman–Crippen LogP) is 5.24. The summed E-state index contributed by atoms with van der Waals surface area (Å²) >= 11 is 3.27. The third-order valence-electron chi connectivity index (χ3n) is 2.91. The molecule has 2 nitrogen and oxygen atoms in total. The number of aryl methyl sites for hydroxylation is 1. The summed E-state index contributed by atoms with van der Waals surface area (Å²) < 4.78 is 51.8. The zero-order chi connectivity index (χ0) is 15.8. The molecule has 0 fully saturated rings. The molecule has 3 N–H and O–H groups in total. The standard InChI is InChI=1S/C14H11BrF4N2/c1-7-4-13(10(15)6-12(7)20)21-8-2-3-11(16)9(5-8)14(17,18)19/h2-6,21H,20H2,1H3. The van der Waals surface area contributed by atoms with Crippen molar-refractivity contribution in [3.05, 3.63) is 51.7 Å². The second-order valence-corrected chi connectivity index (χ2v) is 5.36. The average molecular weight is 363 g/mol. The molecule has 0 spiro atoms. The van der Waals surface area contributed by atoms with E-state index in [4.69, 9.17) is 5.73 Å².